The van der Waals surface area contributed by atoms with Gasteiger partial charge >= 0.3 is 5.97 Å². The molecule has 0 spiro atoms. The van der Waals surface area contributed by atoms with Gasteiger partial charge in [-0.1, -0.05) is 26.2 Å². The molecule has 1 aliphatic rings. The van der Waals surface area contributed by atoms with Crippen molar-refractivity contribution in [1.29, 1.82) is 0 Å². The first-order chi connectivity index (χ1) is 8.55. The zero-order valence-electron chi connectivity index (χ0n) is 11.1. The Hall–Kier alpha value is -0.900. The monoisotopic (exact) mass is 267 g/mol. The Bertz CT molecular complexity index is 429. The van der Waals surface area contributed by atoms with Crippen molar-refractivity contribution in [1.82, 2.24) is 4.98 Å². The molecule has 1 heterocycles. The van der Waals surface area contributed by atoms with Crippen LogP contribution in [0.5, 0.6) is 0 Å². The van der Waals surface area contributed by atoms with E-state index in [9.17, 15) is 9.90 Å². The van der Waals surface area contributed by atoms with Gasteiger partial charge in [-0.25, -0.2) is 4.98 Å². The van der Waals surface area contributed by atoms with Crippen molar-refractivity contribution in [2.24, 2.45) is 11.3 Å². The Labute approximate surface area is 112 Å². The van der Waals surface area contributed by atoms with Crippen molar-refractivity contribution in [2.45, 2.75) is 52.4 Å². The fraction of sp³-hybridized carbons (Fsp3) is 0.714. The van der Waals surface area contributed by atoms with Gasteiger partial charge in [0.15, 0.2) is 0 Å². The van der Waals surface area contributed by atoms with Crippen LogP contribution in [0.2, 0.25) is 0 Å². The zero-order chi connectivity index (χ0) is 13.2. The van der Waals surface area contributed by atoms with Crippen LogP contribution in [0.25, 0.3) is 0 Å². The molecule has 3 nitrogen and oxygen atoms in total. The molecule has 1 N–H and O–H groups in total. The fourth-order valence-corrected chi connectivity index (χ4v) is 3.95. The number of thiazole rings is 1. The van der Waals surface area contributed by atoms with E-state index in [0.717, 1.165) is 36.4 Å². The summed E-state index contributed by atoms with van der Waals surface area (Å²) in [6.07, 6.45) is 5.54. The number of nitrogens with zero attached hydrogens (tertiary/aromatic N) is 1. The first-order valence-corrected chi connectivity index (χ1v) is 7.58. The molecule has 0 aliphatic heterocycles. The molecule has 1 saturated carbocycles. The van der Waals surface area contributed by atoms with E-state index < -0.39 is 11.4 Å². The molecule has 2 unspecified atom stereocenters. The van der Waals surface area contributed by atoms with Crippen LogP contribution in [-0.2, 0) is 11.2 Å². The summed E-state index contributed by atoms with van der Waals surface area (Å²) >= 11 is 1.59. The summed E-state index contributed by atoms with van der Waals surface area (Å²) in [5.74, 6) is -0.0654. The smallest absolute Gasteiger partial charge is 0.310 e. The Morgan fingerprint density at radius 2 is 2.44 bits per heavy atom. The minimum atomic E-state index is -0.631. The molecule has 0 aromatic carbocycles. The van der Waals surface area contributed by atoms with Gasteiger partial charge in [-0.2, -0.15) is 0 Å². The maximum Gasteiger partial charge on any atom is 0.310 e. The maximum absolute atomic E-state index is 11.7. The van der Waals surface area contributed by atoms with Gasteiger partial charge in [0.2, 0.25) is 0 Å². The Morgan fingerprint density at radius 3 is 3.00 bits per heavy atom. The molecule has 2 rings (SSSR count). The van der Waals surface area contributed by atoms with E-state index >= 15 is 0 Å². The summed E-state index contributed by atoms with van der Waals surface area (Å²) in [6.45, 7) is 4.12. The van der Waals surface area contributed by atoms with Gasteiger partial charge < -0.3 is 5.11 Å². The average molecular weight is 267 g/mol. The third-order valence-corrected chi connectivity index (χ3v) is 5.10. The summed E-state index contributed by atoms with van der Waals surface area (Å²) in [7, 11) is 0. The van der Waals surface area contributed by atoms with Crippen LogP contribution in [0.1, 0.15) is 49.7 Å². The Kier molecular flexibility index (Phi) is 4.05. The molecule has 18 heavy (non-hydrogen) atoms. The van der Waals surface area contributed by atoms with Crippen molar-refractivity contribution < 1.29 is 9.90 Å². The number of hydrogen-bond acceptors (Lipinski definition) is 3. The van der Waals surface area contributed by atoms with Crippen molar-refractivity contribution >= 4 is 17.3 Å². The number of rotatable bonds is 4. The molecule has 100 valence electrons. The molecule has 1 fully saturated rings. The lowest BCUT2D eigenvalue weighted by Crippen LogP contribution is -2.38. The second-order valence-corrected chi connectivity index (χ2v) is 6.46. The molecule has 0 saturated heterocycles. The lowest BCUT2D eigenvalue weighted by Gasteiger charge is -2.37. The van der Waals surface area contributed by atoms with Gasteiger partial charge in [-0.15, -0.1) is 11.3 Å². The highest BCUT2D eigenvalue weighted by Gasteiger charge is 2.43. The fourth-order valence-electron chi connectivity index (χ4n) is 3.04. The van der Waals surface area contributed by atoms with E-state index in [2.05, 4.69) is 11.9 Å². The lowest BCUT2D eigenvalue weighted by atomic mass is 9.67. The van der Waals surface area contributed by atoms with E-state index in [1.165, 1.54) is 6.42 Å². The number of carboxylic acid groups (broad SMARTS) is 1. The Morgan fingerprint density at radius 1 is 1.67 bits per heavy atom. The molecule has 4 heteroatoms. The number of aliphatic carboxylic acids is 1. The first-order valence-electron chi connectivity index (χ1n) is 6.70. The van der Waals surface area contributed by atoms with E-state index in [-0.39, 0.29) is 0 Å². The van der Waals surface area contributed by atoms with E-state index in [1.54, 1.807) is 11.3 Å². The minimum absolute atomic E-state index is 0.566. The average Bonchev–Trinajstić information content (AvgIpc) is 2.74. The van der Waals surface area contributed by atoms with Crippen molar-refractivity contribution in [3.8, 4) is 0 Å². The normalized spacial score (nSPS) is 28.2. The molecule has 1 aromatic rings. The lowest BCUT2D eigenvalue weighted by molar-refractivity contribution is -0.152. The SMILES string of the molecule is CCC1CCCC(Cc2nc(C)cs2)(C(=O)O)C1. The van der Waals surface area contributed by atoms with Crippen LogP contribution in [0.15, 0.2) is 5.38 Å². The minimum Gasteiger partial charge on any atom is -0.481 e. The summed E-state index contributed by atoms with van der Waals surface area (Å²) in [5, 5.41) is 12.6. The number of hydrogen-bond donors (Lipinski definition) is 1. The second kappa shape index (κ2) is 5.39. The third-order valence-electron chi connectivity index (χ3n) is 4.13. The summed E-state index contributed by atoms with van der Waals surface area (Å²) in [6, 6.07) is 0. The second-order valence-electron chi connectivity index (χ2n) is 5.52. The van der Waals surface area contributed by atoms with Gasteiger partial charge in [-0.05, 0) is 25.7 Å². The number of aromatic nitrogens is 1. The molecule has 1 aromatic heterocycles. The predicted molar refractivity (Wildman–Crippen MR) is 72.9 cm³/mol. The number of carbonyl (C=O) groups is 1. The zero-order valence-corrected chi connectivity index (χ0v) is 11.9. The summed E-state index contributed by atoms with van der Waals surface area (Å²) in [4.78, 5) is 16.2. The van der Waals surface area contributed by atoms with Crippen molar-refractivity contribution in [3.05, 3.63) is 16.1 Å². The largest absolute Gasteiger partial charge is 0.481 e. The molecule has 0 bridgehead atoms. The quantitative estimate of drug-likeness (QED) is 0.905. The Balaban J connectivity index is 2.18. The van der Waals surface area contributed by atoms with Crippen molar-refractivity contribution in [3.63, 3.8) is 0 Å². The standard InChI is InChI=1S/C14H21NO2S/c1-3-11-5-4-6-14(7-11,13(16)17)8-12-15-10(2)9-18-12/h9,11H,3-8H2,1-2H3,(H,16,17). The van der Waals surface area contributed by atoms with Gasteiger partial charge in [-0.3, -0.25) is 4.79 Å². The summed E-state index contributed by atoms with van der Waals surface area (Å²) in [5.41, 5.74) is 0.432. The molecule has 0 radical (unpaired) electrons. The van der Waals surface area contributed by atoms with Gasteiger partial charge in [0.1, 0.15) is 0 Å². The van der Waals surface area contributed by atoms with Crippen LogP contribution in [0.4, 0.5) is 0 Å². The highest BCUT2D eigenvalue weighted by Crippen LogP contribution is 2.43. The van der Waals surface area contributed by atoms with Crippen LogP contribution in [-0.4, -0.2) is 16.1 Å². The van der Waals surface area contributed by atoms with Crippen molar-refractivity contribution in [2.75, 3.05) is 0 Å². The topological polar surface area (TPSA) is 50.2 Å². The third kappa shape index (κ3) is 2.74. The number of carboxylic acids is 1. The first kappa shape index (κ1) is 13.5. The molecule has 0 amide bonds. The van der Waals surface area contributed by atoms with Crippen LogP contribution >= 0.6 is 11.3 Å². The molecular formula is C14H21NO2S. The summed E-state index contributed by atoms with van der Waals surface area (Å²) < 4.78 is 0. The van der Waals surface area contributed by atoms with Crippen LogP contribution < -0.4 is 0 Å². The van der Waals surface area contributed by atoms with E-state index in [1.807, 2.05) is 12.3 Å². The molecule has 2 atom stereocenters. The highest BCUT2D eigenvalue weighted by atomic mass is 32.1. The number of aryl methyl sites for hydroxylation is 1. The van der Waals surface area contributed by atoms with Gasteiger partial charge in [0.25, 0.3) is 0 Å². The molecule has 1 aliphatic carbocycles. The predicted octanol–water partition coefficient (Wildman–Crippen LogP) is 3.67. The van der Waals surface area contributed by atoms with E-state index in [4.69, 9.17) is 0 Å². The van der Waals surface area contributed by atoms with Gasteiger partial charge in [0, 0.05) is 17.5 Å². The molecular weight excluding hydrogens is 246 g/mol. The maximum atomic E-state index is 11.7. The van der Waals surface area contributed by atoms with Gasteiger partial charge in [0.05, 0.1) is 10.4 Å². The van der Waals surface area contributed by atoms with Crippen LogP contribution in [0, 0.1) is 18.3 Å². The van der Waals surface area contributed by atoms with Crippen LogP contribution in [0.3, 0.4) is 0 Å². The van der Waals surface area contributed by atoms with E-state index in [0.29, 0.717) is 12.3 Å². The highest BCUT2D eigenvalue weighted by molar-refractivity contribution is 7.09.